The van der Waals surface area contributed by atoms with E-state index < -0.39 is 18.3 Å². The Bertz CT molecular complexity index is 923. The molecule has 1 aliphatic heterocycles. The molecular weight excluding hydrogens is 485 g/mol. The van der Waals surface area contributed by atoms with Gasteiger partial charge in [-0.2, -0.15) is 0 Å². The van der Waals surface area contributed by atoms with Crippen molar-refractivity contribution < 1.29 is 23.9 Å². The highest BCUT2D eigenvalue weighted by Crippen LogP contribution is 2.45. The van der Waals surface area contributed by atoms with Crippen LogP contribution >= 0.6 is 15.9 Å². The molecular formula is C25H37BBrNO5. The second-order valence-corrected chi connectivity index (χ2v) is 11.2. The first-order chi connectivity index (χ1) is 15.1. The molecule has 1 saturated heterocycles. The number of rotatable bonds is 4. The van der Waals surface area contributed by atoms with Crippen LogP contribution in [0.1, 0.15) is 80.3 Å². The minimum absolute atomic E-state index is 0.106. The second kappa shape index (κ2) is 10.3. The molecule has 0 atom stereocenters. The lowest BCUT2D eigenvalue weighted by Gasteiger charge is -2.33. The number of halogens is 1. The number of carbonyl (C=O) groups is 1. The minimum Gasteiger partial charge on any atom is -0.505 e. The molecule has 2 heterocycles. The molecule has 0 bridgehead atoms. The Kier molecular flexibility index (Phi) is 8.64. The monoisotopic (exact) mass is 521 g/mol. The molecule has 6 nitrogen and oxygen atoms in total. The van der Waals surface area contributed by atoms with E-state index >= 15 is 0 Å². The number of allylic oxidation sites excluding steroid dienone is 2. The standard InChI is InChI=1S/C17H29BO4.C8H8BrNO/c1-8-20-14(19)12-11-15(2,3)10-9-13(12)18-21-16(4,5)17(6,7)22-18;1-5(2)6-3-4-7(11)8(9)10-6/h8-11H2,1-7H3;3-4,11H,1H2,2H3. The average Bonchev–Trinajstić information content (AvgIpc) is 2.91. The summed E-state index contributed by atoms with van der Waals surface area (Å²) in [6.45, 7) is 20.3. The molecule has 0 spiro atoms. The summed E-state index contributed by atoms with van der Waals surface area (Å²) in [4.78, 5) is 16.4. The molecule has 3 rings (SSSR count). The van der Waals surface area contributed by atoms with Crippen LogP contribution in [0.2, 0.25) is 0 Å². The third kappa shape index (κ3) is 6.70. The van der Waals surface area contributed by atoms with Crippen LogP contribution in [0.4, 0.5) is 0 Å². The Morgan fingerprint density at radius 3 is 2.27 bits per heavy atom. The molecule has 1 aromatic heterocycles. The Labute approximate surface area is 207 Å². The molecule has 1 fully saturated rings. The summed E-state index contributed by atoms with van der Waals surface area (Å²) in [6, 6.07) is 3.31. The van der Waals surface area contributed by atoms with Gasteiger partial charge in [-0.1, -0.05) is 20.4 Å². The highest BCUT2D eigenvalue weighted by molar-refractivity contribution is 9.10. The van der Waals surface area contributed by atoms with Gasteiger partial charge in [0.15, 0.2) is 0 Å². The van der Waals surface area contributed by atoms with Crippen LogP contribution in [-0.4, -0.2) is 41.0 Å². The molecule has 0 aromatic carbocycles. The highest BCUT2D eigenvalue weighted by Gasteiger charge is 2.53. The third-order valence-corrected chi connectivity index (χ3v) is 7.02. The van der Waals surface area contributed by atoms with Gasteiger partial charge in [0.05, 0.1) is 23.5 Å². The smallest absolute Gasteiger partial charge is 0.491 e. The summed E-state index contributed by atoms with van der Waals surface area (Å²) in [7, 11) is -0.444. The number of esters is 1. The van der Waals surface area contributed by atoms with Gasteiger partial charge in [0, 0.05) is 5.57 Å². The van der Waals surface area contributed by atoms with Crippen LogP contribution in [-0.2, 0) is 18.8 Å². The maximum absolute atomic E-state index is 12.4. The van der Waals surface area contributed by atoms with Crippen molar-refractivity contribution in [3.05, 3.63) is 40.1 Å². The highest BCUT2D eigenvalue weighted by atomic mass is 79.9. The average molecular weight is 522 g/mol. The van der Waals surface area contributed by atoms with Gasteiger partial charge in [-0.05, 0) is 105 Å². The zero-order valence-electron chi connectivity index (χ0n) is 21.2. The summed E-state index contributed by atoms with van der Waals surface area (Å²) in [5.41, 5.74) is 2.71. The van der Waals surface area contributed by atoms with Crippen LogP contribution in [0.5, 0.6) is 5.75 Å². The number of carbonyl (C=O) groups excluding carboxylic acids is 1. The fraction of sp³-hybridized carbons (Fsp3) is 0.600. The minimum atomic E-state index is -0.444. The molecule has 0 radical (unpaired) electrons. The molecule has 33 heavy (non-hydrogen) atoms. The van der Waals surface area contributed by atoms with Crippen molar-refractivity contribution in [3.8, 4) is 5.75 Å². The quantitative estimate of drug-likeness (QED) is 0.286. The fourth-order valence-corrected chi connectivity index (χ4v) is 3.96. The molecule has 0 unspecified atom stereocenters. The molecule has 8 heteroatoms. The van der Waals surface area contributed by atoms with Gasteiger partial charge in [-0.15, -0.1) is 0 Å². The van der Waals surface area contributed by atoms with Crippen LogP contribution < -0.4 is 0 Å². The largest absolute Gasteiger partial charge is 0.505 e. The summed E-state index contributed by atoms with van der Waals surface area (Å²) in [5, 5.41) is 9.09. The lowest BCUT2D eigenvalue weighted by Crippen LogP contribution is -2.41. The van der Waals surface area contributed by atoms with Crippen molar-refractivity contribution in [2.24, 2.45) is 5.41 Å². The number of ether oxygens (including phenoxy) is 1. The lowest BCUT2D eigenvalue weighted by atomic mass is 9.63. The van der Waals surface area contributed by atoms with Gasteiger partial charge >= 0.3 is 13.1 Å². The molecule has 1 aliphatic carbocycles. The van der Waals surface area contributed by atoms with Crippen molar-refractivity contribution in [2.75, 3.05) is 6.61 Å². The molecule has 0 amide bonds. The number of hydrogen-bond donors (Lipinski definition) is 1. The normalized spacial score (nSPS) is 20.7. The van der Waals surface area contributed by atoms with E-state index in [0.717, 1.165) is 35.2 Å². The topological polar surface area (TPSA) is 77.9 Å². The summed E-state index contributed by atoms with van der Waals surface area (Å²) >= 11 is 3.11. The number of aromatic hydroxyl groups is 1. The summed E-state index contributed by atoms with van der Waals surface area (Å²) < 4.78 is 18.0. The zero-order valence-corrected chi connectivity index (χ0v) is 22.8. The van der Waals surface area contributed by atoms with Gasteiger partial charge in [0.1, 0.15) is 10.4 Å². The Balaban J connectivity index is 0.000000294. The zero-order chi connectivity index (χ0) is 25.2. The molecule has 182 valence electrons. The van der Waals surface area contributed by atoms with E-state index in [4.69, 9.17) is 19.2 Å². The van der Waals surface area contributed by atoms with Crippen molar-refractivity contribution in [1.82, 2.24) is 4.98 Å². The summed E-state index contributed by atoms with van der Waals surface area (Å²) in [6.07, 6.45) is 2.55. The van der Waals surface area contributed by atoms with Gasteiger partial charge in [0.2, 0.25) is 0 Å². The van der Waals surface area contributed by atoms with Gasteiger partial charge in [-0.25, -0.2) is 9.78 Å². The predicted molar refractivity (Wildman–Crippen MR) is 136 cm³/mol. The molecule has 1 N–H and O–H groups in total. The number of aromatic nitrogens is 1. The Morgan fingerprint density at radius 2 is 1.79 bits per heavy atom. The first-order valence-corrected chi connectivity index (χ1v) is 12.2. The van der Waals surface area contributed by atoms with E-state index in [0.29, 0.717) is 17.6 Å². The van der Waals surface area contributed by atoms with Gasteiger partial charge in [0.25, 0.3) is 0 Å². The van der Waals surface area contributed by atoms with E-state index in [1.54, 1.807) is 12.1 Å². The van der Waals surface area contributed by atoms with E-state index in [1.807, 2.05) is 41.5 Å². The SMILES string of the molecule is C=C(C)c1ccc(O)c(Br)n1.CCOC(=O)C1=C(B2OC(C)(C)C(C)(C)O2)CCC(C)(C)C1. The Hall–Kier alpha value is -1.64. The summed E-state index contributed by atoms with van der Waals surface area (Å²) in [5.74, 6) is -0.0741. The van der Waals surface area contributed by atoms with Crippen molar-refractivity contribution in [1.29, 1.82) is 0 Å². The van der Waals surface area contributed by atoms with Crippen LogP contribution in [0.3, 0.4) is 0 Å². The van der Waals surface area contributed by atoms with Crippen molar-refractivity contribution in [2.45, 2.75) is 85.9 Å². The maximum atomic E-state index is 12.4. The maximum Gasteiger partial charge on any atom is 0.491 e. The second-order valence-electron chi connectivity index (χ2n) is 10.4. The first kappa shape index (κ1) is 27.6. The van der Waals surface area contributed by atoms with Crippen molar-refractivity contribution in [3.63, 3.8) is 0 Å². The van der Waals surface area contributed by atoms with E-state index in [2.05, 4.69) is 41.3 Å². The molecule has 2 aliphatic rings. The fourth-order valence-electron chi connectivity index (χ4n) is 3.64. The number of pyridine rings is 1. The molecule has 1 aromatic rings. The van der Waals surface area contributed by atoms with Crippen LogP contribution in [0.25, 0.3) is 5.57 Å². The first-order valence-electron chi connectivity index (χ1n) is 11.4. The van der Waals surface area contributed by atoms with Crippen molar-refractivity contribution >= 4 is 34.6 Å². The van der Waals surface area contributed by atoms with Gasteiger partial charge in [-0.3, -0.25) is 0 Å². The van der Waals surface area contributed by atoms with Crippen LogP contribution in [0.15, 0.2) is 34.4 Å². The lowest BCUT2D eigenvalue weighted by molar-refractivity contribution is -0.139. The van der Waals surface area contributed by atoms with E-state index in [-0.39, 0.29) is 17.1 Å². The van der Waals surface area contributed by atoms with Gasteiger partial charge < -0.3 is 19.2 Å². The predicted octanol–water partition coefficient (Wildman–Crippen LogP) is 6.27. The van der Waals surface area contributed by atoms with E-state index in [9.17, 15) is 4.79 Å². The third-order valence-electron chi connectivity index (χ3n) is 6.44. The molecule has 0 saturated carbocycles. The van der Waals surface area contributed by atoms with Crippen LogP contribution in [0, 0.1) is 5.41 Å². The number of hydrogen-bond acceptors (Lipinski definition) is 6. The van der Waals surface area contributed by atoms with E-state index in [1.165, 1.54) is 0 Å². The Morgan fingerprint density at radius 1 is 1.21 bits per heavy atom. The number of nitrogens with zero attached hydrogens (tertiary/aromatic N) is 1.